The van der Waals surface area contributed by atoms with Crippen molar-refractivity contribution in [1.29, 1.82) is 0 Å². The molecule has 27 heavy (non-hydrogen) atoms. The van der Waals surface area contributed by atoms with E-state index in [2.05, 4.69) is 36.5 Å². The van der Waals surface area contributed by atoms with Crippen LogP contribution in [0.15, 0.2) is 24.3 Å². The maximum atomic E-state index is 13.0. The number of benzene rings is 1. The molecule has 2 saturated carbocycles. The predicted molar refractivity (Wildman–Crippen MR) is 105 cm³/mol. The van der Waals surface area contributed by atoms with Gasteiger partial charge in [0, 0.05) is 31.6 Å². The van der Waals surface area contributed by atoms with Crippen molar-refractivity contribution in [1.82, 2.24) is 10.2 Å². The number of rotatable bonds is 4. The minimum Gasteiger partial charge on any atom is -0.352 e. The quantitative estimate of drug-likeness (QED) is 0.854. The van der Waals surface area contributed by atoms with Gasteiger partial charge in [0.2, 0.25) is 11.8 Å². The Labute approximate surface area is 161 Å². The Bertz CT molecular complexity index is 692. The van der Waals surface area contributed by atoms with Crippen LogP contribution in [0.3, 0.4) is 0 Å². The van der Waals surface area contributed by atoms with Crippen molar-refractivity contribution < 1.29 is 9.59 Å². The van der Waals surface area contributed by atoms with E-state index in [0.29, 0.717) is 31.5 Å². The second-order valence-electron chi connectivity index (χ2n) is 8.74. The van der Waals surface area contributed by atoms with Gasteiger partial charge in [-0.2, -0.15) is 0 Å². The molecule has 5 heteroatoms. The van der Waals surface area contributed by atoms with E-state index in [1.807, 2.05) is 4.90 Å². The Morgan fingerprint density at radius 2 is 1.74 bits per heavy atom. The molecule has 0 aromatic heterocycles. The highest BCUT2D eigenvalue weighted by molar-refractivity contribution is 5.82. The van der Waals surface area contributed by atoms with Crippen LogP contribution in [-0.4, -0.2) is 35.8 Å². The molecule has 2 bridgehead atoms. The molecule has 0 spiro atoms. The Morgan fingerprint density at radius 3 is 2.37 bits per heavy atom. The molecule has 3 N–H and O–H groups in total. The van der Waals surface area contributed by atoms with E-state index in [0.717, 1.165) is 31.2 Å². The van der Waals surface area contributed by atoms with E-state index in [1.165, 1.54) is 12.0 Å². The van der Waals surface area contributed by atoms with Crippen LogP contribution in [0.4, 0.5) is 0 Å². The lowest BCUT2D eigenvalue weighted by atomic mass is 9.83. The highest BCUT2D eigenvalue weighted by Crippen LogP contribution is 2.48. The van der Waals surface area contributed by atoms with Crippen LogP contribution in [0, 0.1) is 30.6 Å². The third-order valence-corrected chi connectivity index (χ3v) is 7.03. The molecule has 5 nitrogen and oxygen atoms in total. The Hall–Kier alpha value is -1.88. The van der Waals surface area contributed by atoms with Crippen molar-refractivity contribution in [3.8, 4) is 0 Å². The zero-order valence-electron chi connectivity index (χ0n) is 16.2. The summed E-state index contributed by atoms with van der Waals surface area (Å²) in [4.78, 5) is 27.4. The van der Waals surface area contributed by atoms with Crippen molar-refractivity contribution in [2.24, 2.45) is 29.4 Å². The molecular weight excluding hydrogens is 338 g/mol. The van der Waals surface area contributed by atoms with Gasteiger partial charge < -0.3 is 16.0 Å². The van der Waals surface area contributed by atoms with Crippen molar-refractivity contribution in [3.63, 3.8) is 0 Å². The fourth-order valence-corrected chi connectivity index (χ4v) is 5.31. The molecule has 2 aliphatic carbocycles. The first-order valence-electron chi connectivity index (χ1n) is 10.4. The van der Waals surface area contributed by atoms with Crippen molar-refractivity contribution in [2.75, 3.05) is 13.1 Å². The van der Waals surface area contributed by atoms with E-state index in [9.17, 15) is 9.59 Å². The minimum atomic E-state index is 0.00759. The van der Waals surface area contributed by atoms with E-state index in [4.69, 9.17) is 5.73 Å². The summed E-state index contributed by atoms with van der Waals surface area (Å²) in [5.74, 6) is 1.43. The lowest BCUT2D eigenvalue weighted by Crippen LogP contribution is -2.50. The molecule has 1 aromatic carbocycles. The lowest BCUT2D eigenvalue weighted by molar-refractivity contribution is -0.141. The van der Waals surface area contributed by atoms with Gasteiger partial charge in [0.25, 0.3) is 0 Å². The van der Waals surface area contributed by atoms with Gasteiger partial charge in [0.1, 0.15) is 0 Å². The zero-order valence-corrected chi connectivity index (χ0v) is 16.2. The number of nitrogens with one attached hydrogen (secondary N) is 1. The molecular formula is C22H31N3O2. The van der Waals surface area contributed by atoms with Crippen molar-refractivity contribution >= 4 is 11.8 Å². The predicted octanol–water partition coefficient (Wildman–Crippen LogP) is 2.22. The average molecular weight is 370 g/mol. The summed E-state index contributed by atoms with van der Waals surface area (Å²) in [5.41, 5.74) is 8.68. The maximum Gasteiger partial charge on any atom is 0.227 e. The molecule has 4 unspecified atom stereocenters. The van der Waals surface area contributed by atoms with Crippen LogP contribution >= 0.6 is 0 Å². The molecule has 1 aliphatic heterocycles. The second kappa shape index (κ2) is 7.63. The average Bonchev–Trinajstić information content (AvgIpc) is 3.28. The molecule has 2 amide bonds. The maximum absolute atomic E-state index is 13.0. The fraction of sp³-hybridized carbons (Fsp3) is 0.636. The summed E-state index contributed by atoms with van der Waals surface area (Å²) in [6, 6.07) is 8.27. The summed E-state index contributed by atoms with van der Waals surface area (Å²) in [5, 5.41) is 3.05. The highest BCUT2D eigenvalue weighted by atomic mass is 16.2. The number of piperidine rings is 1. The number of nitrogens with zero attached hydrogens (tertiary/aromatic N) is 1. The summed E-state index contributed by atoms with van der Waals surface area (Å²) in [7, 11) is 0. The summed E-state index contributed by atoms with van der Waals surface area (Å²) < 4.78 is 0. The first kappa shape index (κ1) is 18.5. The molecule has 3 fully saturated rings. The van der Waals surface area contributed by atoms with Crippen LogP contribution in [-0.2, 0) is 16.1 Å². The van der Waals surface area contributed by atoms with Crippen molar-refractivity contribution in [2.45, 2.75) is 51.6 Å². The fourth-order valence-electron chi connectivity index (χ4n) is 5.31. The Kier molecular flexibility index (Phi) is 5.22. The van der Waals surface area contributed by atoms with Gasteiger partial charge in [-0.1, -0.05) is 29.8 Å². The zero-order chi connectivity index (χ0) is 19.0. The summed E-state index contributed by atoms with van der Waals surface area (Å²) in [6.45, 7) is 3.99. The first-order chi connectivity index (χ1) is 13.0. The number of carbonyl (C=O) groups excluding carboxylic acids is 2. The number of amides is 2. The van der Waals surface area contributed by atoms with Crippen LogP contribution in [0.1, 0.15) is 43.2 Å². The second-order valence-corrected chi connectivity index (χ2v) is 8.74. The number of aryl methyl sites for hydroxylation is 1. The molecule has 4 rings (SSSR count). The normalized spacial score (nSPS) is 30.5. The lowest BCUT2D eigenvalue weighted by Gasteiger charge is -2.36. The third kappa shape index (κ3) is 3.75. The molecule has 3 aliphatic rings. The third-order valence-electron chi connectivity index (χ3n) is 7.03. The van der Waals surface area contributed by atoms with E-state index >= 15 is 0 Å². The molecule has 1 saturated heterocycles. The number of carbonyl (C=O) groups is 2. The number of likely N-dealkylation sites (tertiary alicyclic amines) is 1. The van der Waals surface area contributed by atoms with Gasteiger partial charge in [-0.15, -0.1) is 0 Å². The highest BCUT2D eigenvalue weighted by Gasteiger charge is 2.50. The van der Waals surface area contributed by atoms with Crippen molar-refractivity contribution in [3.05, 3.63) is 35.4 Å². The van der Waals surface area contributed by atoms with Crippen LogP contribution in [0.25, 0.3) is 0 Å². The number of fused-ring (bicyclic) bond motifs is 2. The molecule has 146 valence electrons. The van der Waals surface area contributed by atoms with Crippen LogP contribution < -0.4 is 11.1 Å². The first-order valence-corrected chi connectivity index (χ1v) is 10.4. The summed E-state index contributed by atoms with van der Waals surface area (Å²) >= 11 is 0. The monoisotopic (exact) mass is 369 g/mol. The largest absolute Gasteiger partial charge is 0.352 e. The molecule has 0 radical (unpaired) electrons. The van der Waals surface area contributed by atoms with Gasteiger partial charge in [-0.3, -0.25) is 9.59 Å². The van der Waals surface area contributed by atoms with Gasteiger partial charge in [-0.05, 0) is 56.4 Å². The minimum absolute atomic E-state index is 0.00759. The summed E-state index contributed by atoms with van der Waals surface area (Å²) in [6.07, 6.45) is 4.99. The van der Waals surface area contributed by atoms with E-state index in [1.54, 1.807) is 0 Å². The number of nitrogens with two attached hydrogens (primary N) is 1. The standard InChI is InChI=1S/C22H31N3O2/c1-14-2-4-15(5-3-14)13-24-21(26)16-8-10-25(11-9-16)22(27)19-17-6-7-18(12-17)20(19)23/h2-5,16-20H,6-13,23H2,1H3,(H,24,26). The van der Waals surface area contributed by atoms with Gasteiger partial charge in [0.15, 0.2) is 0 Å². The van der Waals surface area contributed by atoms with Gasteiger partial charge in [-0.25, -0.2) is 0 Å². The van der Waals surface area contributed by atoms with E-state index < -0.39 is 0 Å². The Balaban J connectivity index is 1.25. The van der Waals surface area contributed by atoms with Gasteiger partial charge >= 0.3 is 0 Å². The molecule has 1 aromatic rings. The molecule has 1 heterocycles. The molecule has 4 atom stereocenters. The van der Waals surface area contributed by atoms with Gasteiger partial charge in [0.05, 0.1) is 5.92 Å². The topological polar surface area (TPSA) is 75.4 Å². The Morgan fingerprint density at radius 1 is 1.07 bits per heavy atom. The van der Waals surface area contributed by atoms with E-state index in [-0.39, 0.29) is 29.7 Å². The van der Waals surface area contributed by atoms with Crippen LogP contribution in [0.5, 0.6) is 0 Å². The van der Waals surface area contributed by atoms with Crippen LogP contribution in [0.2, 0.25) is 0 Å². The SMILES string of the molecule is Cc1ccc(CNC(=O)C2CCN(C(=O)C3C4CCC(C4)C3N)CC2)cc1. The number of hydrogen-bond donors (Lipinski definition) is 2. The smallest absolute Gasteiger partial charge is 0.227 e. The number of hydrogen-bond acceptors (Lipinski definition) is 3.